The van der Waals surface area contributed by atoms with Crippen molar-refractivity contribution in [3.8, 4) is 5.75 Å². The molecule has 2 bridgehead atoms. The third kappa shape index (κ3) is 2.37. The minimum atomic E-state index is 0.252. The smallest absolute Gasteiger partial charge is 0.227 e. The van der Waals surface area contributed by atoms with Gasteiger partial charge in [0.2, 0.25) is 5.91 Å². The van der Waals surface area contributed by atoms with E-state index < -0.39 is 0 Å². The Labute approximate surface area is 113 Å². The van der Waals surface area contributed by atoms with E-state index in [9.17, 15) is 4.79 Å². The van der Waals surface area contributed by atoms with Crippen molar-refractivity contribution in [2.45, 2.75) is 37.8 Å². The van der Waals surface area contributed by atoms with Crippen LogP contribution >= 0.6 is 0 Å². The summed E-state index contributed by atoms with van der Waals surface area (Å²) in [5.74, 6) is 1.08. The summed E-state index contributed by atoms with van der Waals surface area (Å²) < 4.78 is 5.13. The summed E-state index contributed by atoms with van der Waals surface area (Å²) in [6, 6.07) is 8.53. The number of carbonyl (C=O) groups excluding carboxylic acids is 1. The fourth-order valence-corrected chi connectivity index (χ4v) is 3.12. The van der Waals surface area contributed by atoms with E-state index in [-0.39, 0.29) is 5.91 Å². The summed E-state index contributed by atoms with van der Waals surface area (Å²) in [5, 5.41) is 0. The first-order valence-corrected chi connectivity index (χ1v) is 6.88. The van der Waals surface area contributed by atoms with E-state index >= 15 is 0 Å². The van der Waals surface area contributed by atoms with Crippen LogP contribution in [-0.2, 0) is 11.2 Å². The lowest BCUT2D eigenvalue weighted by Gasteiger charge is -2.31. The fraction of sp³-hybridized carbons (Fsp3) is 0.438. The normalized spacial score (nSPS) is 24.6. The number of fused-ring (bicyclic) bond motifs is 2. The highest BCUT2D eigenvalue weighted by molar-refractivity contribution is 5.80. The molecule has 1 amide bonds. The number of ether oxygens (including phenoxy) is 1. The Bertz CT molecular complexity index is 492. The monoisotopic (exact) mass is 257 g/mol. The predicted octanol–water partition coefficient (Wildman–Crippen LogP) is 2.56. The number of amides is 1. The summed E-state index contributed by atoms with van der Waals surface area (Å²) in [6.07, 6.45) is 8.19. The Kier molecular flexibility index (Phi) is 3.28. The highest BCUT2D eigenvalue weighted by Crippen LogP contribution is 2.32. The van der Waals surface area contributed by atoms with E-state index in [2.05, 4.69) is 17.1 Å². The molecule has 2 unspecified atom stereocenters. The lowest BCUT2D eigenvalue weighted by atomic mass is 10.1. The summed E-state index contributed by atoms with van der Waals surface area (Å²) in [4.78, 5) is 14.5. The fourth-order valence-electron chi connectivity index (χ4n) is 3.12. The standard InChI is InChI=1S/C16H19NO2/c1-19-15-9-5-12(6-10-15)11-16(18)17-13-3-2-4-14(17)8-7-13/h2-3,5-6,9-10,13-14H,4,7-8,11H2,1H3. The van der Waals surface area contributed by atoms with Gasteiger partial charge in [-0.3, -0.25) is 4.79 Å². The number of hydrogen-bond donors (Lipinski definition) is 0. The van der Waals surface area contributed by atoms with Crippen LogP contribution in [0, 0.1) is 0 Å². The van der Waals surface area contributed by atoms with Gasteiger partial charge in [-0.25, -0.2) is 0 Å². The Balaban J connectivity index is 1.69. The average molecular weight is 257 g/mol. The number of carbonyl (C=O) groups is 1. The summed E-state index contributed by atoms with van der Waals surface area (Å²) in [5.41, 5.74) is 1.06. The molecule has 2 atom stereocenters. The summed E-state index contributed by atoms with van der Waals surface area (Å²) >= 11 is 0. The van der Waals surface area contributed by atoms with Crippen LogP contribution in [0.5, 0.6) is 5.75 Å². The molecule has 2 heterocycles. The van der Waals surface area contributed by atoms with E-state index in [1.165, 1.54) is 0 Å². The molecule has 19 heavy (non-hydrogen) atoms. The first-order valence-electron chi connectivity index (χ1n) is 6.88. The molecule has 2 aliphatic heterocycles. The second-order valence-corrected chi connectivity index (χ2v) is 5.29. The lowest BCUT2D eigenvalue weighted by molar-refractivity contribution is -0.132. The van der Waals surface area contributed by atoms with E-state index in [1.54, 1.807) is 7.11 Å². The number of rotatable bonds is 3. The molecule has 100 valence electrons. The lowest BCUT2D eigenvalue weighted by Crippen LogP contribution is -2.42. The van der Waals surface area contributed by atoms with Crippen molar-refractivity contribution in [2.24, 2.45) is 0 Å². The van der Waals surface area contributed by atoms with Gasteiger partial charge in [-0.05, 0) is 37.0 Å². The minimum absolute atomic E-state index is 0.252. The molecular weight excluding hydrogens is 238 g/mol. The molecule has 2 aliphatic rings. The number of methoxy groups -OCH3 is 1. The van der Waals surface area contributed by atoms with Crippen molar-refractivity contribution in [1.29, 1.82) is 0 Å². The van der Waals surface area contributed by atoms with E-state index in [0.29, 0.717) is 18.5 Å². The largest absolute Gasteiger partial charge is 0.497 e. The molecule has 0 N–H and O–H groups in total. The van der Waals surface area contributed by atoms with Crippen LogP contribution in [0.1, 0.15) is 24.8 Å². The zero-order valence-corrected chi connectivity index (χ0v) is 11.2. The van der Waals surface area contributed by atoms with Crippen molar-refractivity contribution >= 4 is 5.91 Å². The molecule has 1 aromatic rings. The van der Waals surface area contributed by atoms with Crippen LogP contribution in [0.2, 0.25) is 0 Å². The number of hydrogen-bond acceptors (Lipinski definition) is 2. The molecule has 3 rings (SSSR count). The van der Waals surface area contributed by atoms with Crippen LogP contribution in [0.15, 0.2) is 36.4 Å². The highest BCUT2D eigenvalue weighted by atomic mass is 16.5. The molecule has 1 fully saturated rings. The third-order valence-electron chi connectivity index (χ3n) is 4.12. The molecule has 3 nitrogen and oxygen atoms in total. The van der Waals surface area contributed by atoms with Crippen LogP contribution in [0.4, 0.5) is 0 Å². The molecule has 0 saturated carbocycles. The highest BCUT2D eigenvalue weighted by Gasteiger charge is 2.36. The maximum Gasteiger partial charge on any atom is 0.227 e. The minimum Gasteiger partial charge on any atom is -0.497 e. The van der Waals surface area contributed by atoms with Crippen molar-refractivity contribution in [3.63, 3.8) is 0 Å². The second-order valence-electron chi connectivity index (χ2n) is 5.29. The van der Waals surface area contributed by atoms with Crippen LogP contribution in [0.25, 0.3) is 0 Å². The molecular formula is C16H19NO2. The van der Waals surface area contributed by atoms with Gasteiger partial charge >= 0.3 is 0 Å². The van der Waals surface area contributed by atoms with E-state index in [4.69, 9.17) is 4.74 Å². The number of nitrogens with zero attached hydrogens (tertiary/aromatic N) is 1. The van der Waals surface area contributed by atoms with E-state index in [1.807, 2.05) is 24.3 Å². The molecule has 1 saturated heterocycles. The van der Waals surface area contributed by atoms with Gasteiger partial charge in [0, 0.05) is 6.04 Å². The van der Waals surface area contributed by atoms with Gasteiger partial charge in [0.05, 0.1) is 19.6 Å². The van der Waals surface area contributed by atoms with Crippen molar-refractivity contribution < 1.29 is 9.53 Å². The van der Waals surface area contributed by atoms with Crippen molar-refractivity contribution in [2.75, 3.05) is 7.11 Å². The van der Waals surface area contributed by atoms with Gasteiger partial charge in [0.25, 0.3) is 0 Å². The topological polar surface area (TPSA) is 29.5 Å². The molecule has 0 spiro atoms. The molecule has 0 aromatic heterocycles. The van der Waals surface area contributed by atoms with Gasteiger partial charge < -0.3 is 9.64 Å². The predicted molar refractivity (Wildman–Crippen MR) is 74.1 cm³/mol. The van der Waals surface area contributed by atoms with Gasteiger partial charge in [-0.15, -0.1) is 0 Å². The average Bonchev–Trinajstić information content (AvgIpc) is 2.70. The molecule has 1 aromatic carbocycles. The quantitative estimate of drug-likeness (QED) is 0.779. The summed E-state index contributed by atoms with van der Waals surface area (Å²) in [6.45, 7) is 0. The first kappa shape index (κ1) is 12.3. The maximum absolute atomic E-state index is 12.4. The Morgan fingerprint density at radius 2 is 2.11 bits per heavy atom. The number of benzene rings is 1. The van der Waals surface area contributed by atoms with Gasteiger partial charge in [-0.1, -0.05) is 24.3 Å². The summed E-state index contributed by atoms with van der Waals surface area (Å²) in [7, 11) is 1.65. The SMILES string of the molecule is COc1ccc(CC(=O)N2C3C=CCC2CC3)cc1. The van der Waals surface area contributed by atoms with E-state index in [0.717, 1.165) is 30.6 Å². The van der Waals surface area contributed by atoms with Gasteiger partial charge in [-0.2, -0.15) is 0 Å². The third-order valence-corrected chi connectivity index (χ3v) is 4.12. The van der Waals surface area contributed by atoms with Crippen molar-refractivity contribution in [3.05, 3.63) is 42.0 Å². The maximum atomic E-state index is 12.4. The van der Waals surface area contributed by atoms with Crippen LogP contribution in [0.3, 0.4) is 0 Å². The first-order chi connectivity index (χ1) is 9.28. The Hall–Kier alpha value is -1.77. The molecule has 3 heteroatoms. The van der Waals surface area contributed by atoms with Crippen molar-refractivity contribution in [1.82, 2.24) is 4.90 Å². The second kappa shape index (κ2) is 5.08. The Morgan fingerprint density at radius 1 is 1.32 bits per heavy atom. The zero-order chi connectivity index (χ0) is 13.2. The molecule has 0 radical (unpaired) electrons. The van der Waals surface area contributed by atoms with Gasteiger partial charge in [0.15, 0.2) is 0 Å². The van der Waals surface area contributed by atoms with Crippen LogP contribution < -0.4 is 4.74 Å². The van der Waals surface area contributed by atoms with Gasteiger partial charge in [0.1, 0.15) is 5.75 Å². The molecule has 0 aliphatic carbocycles. The Morgan fingerprint density at radius 3 is 2.79 bits per heavy atom. The zero-order valence-electron chi connectivity index (χ0n) is 11.2. The van der Waals surface area contributed by atoms with Crippen LogP contribution in [-0.4, -0.2) is 30.0 Å².